The van der Waals surface area contributed by atoms with Gasteiger partial charge in [-0.25, -0.2) is 9.59 Å². The van der Waals surface area contributed by atoms with Crippen molar-refractivity contribution in [1.29, 1.82) is 0 Å². The maximum atomic E-state index is 13.0. The summed E-state index contributed by atoms with van der Waals surface area (Å²) in [6, 6.07) is 12.9. The Bertz CT molecular complexity index is 956. The lowest BCUT2D eigenvalue weighted by molar-refractivity contribution is -0.146. The Labute approximate surface area is 165 Å². The second-order valence-electron chi connectivity index (χ2n) is 7.82. The second-order valence-corrected chi connectivity index (χ2v) is 7.82. The van der Waals surface area contributed by atoms with E-state index in [9.17, 15) is 9.59 Å². The fourth-order valence-corrected chi connectivity index (χ4v) is 4.53. The summed E-state index contributed by atoms with van der Waals surface area (Å²) in [5, 5.41) is 0. The van der Waals surface area contributed by atoms with Crippen molar-refractivity contribution in [3.8, 4) is 0 Å². The van der Waals surface area contributed by atoms with Crippen molar-refractivity contribution in [2.24, 2.45) is 0 Å². The van der Waals surface area contributed by atoms with Crippen LogP contribution in [0.5, 0.6) is 0 Å². The Kier molecular flexibility index (Phi) is 4.58. The molecular weight excluding hydrogens is 352 g/mol. The zero-order valence-corrected chi connectivity index (χ0v) is 16.5. The highest BCUT2D eigenvalue weighted by Crippen LogP contribution is 2.49. The lowest BCUT2D eigenvalue weighted by Gasteiger charge is -2.24. The van der Waals surface area contributed by atoms with Crippen LogP contribution in [-0.2, 0) is 14.3 Å². The summed E-state index contributed by atoms with van der Waals surface area (Å²) in [5.74, 6) is -0.466. The highest BCUT2D eigenvalue weighted by atomic mass is 16.6. The Hall–Kier alpha value is -2.88. The highest BCUT2D eigenvalue weighted by molar-refractivity contribution is 6.21. The lowest BCUT2D eigenvalue weighted by atomic mass is 9.90. The third kappa shape index (κ3) is 3.03. The van der Waals surface area contributed by atoms with Gasteiger partial charge >= 0.3 is 11.9 Å². The molecule has 1 aliphatic carbocycles. The van der Waals surface area contributed by atoms with E-state index in [1.807, 2.05) is 39.0 Å². The maximum absolute atomic E-state index is 13.0. The van der Waals surface area contributed by atoms with Crippen LogP contribution in [0.15, 0.2) is 48.2 Å². The van der Waals surface area contributed by atoms with Gasteiger partial charge in [0.1, 0.15) is 5.57 Å². The second kappa shape index (κ2) is 6.93. The number of rotatable bonds is 3. The number of esters is 2. The van der Waals surface area contributed by atoms with Gasteiger partial charge in [0, 0.05) is 0 Å². The highest BCUT2D eigenvalue weighted by Gasteiger charge is 2.52. The monoisotopic (exact) mass is 376 g/mol. The SMILES string of the molecule is Cc1cc(C)c(C2=C(OC(=O)c3ccccc3)C3(CCCC3)OC2=O)c(C)c1. The molecule has 2 aliphatic rings. The first-order chi connectivity index (χ1) is 13.4. The number of benzene rings is 2. The zero-order chi connectivity index (χ0) is 19.9. The lowest BCUT2D eigenvalue weighted by Crippen LogP contribution is -2.30. The van der Waals surface area contributed by atoms with Gasteiger partial charge in [-0.1, -0.05) is 35.9 Å². The van der Waals surface area contributed by atoms with Gasteiger partial charge < -0.3 is 9.47 Å². The average Bonchev–Trinajstić information content (AvgIpc) is 3.22. The van der Waals surface area contributed by atoms with Crippen molar-refractivity contribution in [2.75, 3.05) is 0 Å². The molecule has 144 valence electrons. The normalized spacial score (nSPS) is 17.9. The molecule has 1 aliphatic heterocycles. The molecule has 1 saturated carbocycles. The molecule has 28 heavy (non-hydrogen) atoms. The summed E-state index contributed by atoms with van der Waals surface area (Å²) < 4.78 is 11.8. The smallest absolute Gasteiger partial charge is 0.343 e. The van der Waals surface area contributed by atoms with Crippen LogP contribution in [0.2, 0.25) is 0 Å². The van der Waals surface area contributed by atoms with Crippen LogP contribution in [-0.4, -0.2) is 17.5 Å². The standard InChI is InChI=1S/C24H24O4/c1-15-13-16(2)19(17(3)14-15)20-21(24(28-23(20)26)11-7-8-12-24)27-22(25)18-9-5-4-6-10-18/h4-6,9-10,13-14H,7-8,11-12H2,1-3H3. The van der Waals surface area contributed by atoms with E-state index in [0.29, 0.717) is 29.7 Å². The number of hydrogen-bond donors (Lipinski definition) is 0. The molecule has 0 bridgehead atoms. The number of aryl methyl sites for hydroxylation is 3. The minimum absolute atomic E-state index is 0.388. The summed E-state index contributed by atoms with van der Waals surface area (Å²) in [7, 11) is 0. The van der Waals surface area contributed by atoms with E-state index in [1.165, 1.54) is 0 Å². The van der Waals surface area contributed by atoms with Crippen molar-refractivity contribution in [3.63, 3.8) is 0 Å². The van der Waals surface area contributed by atoms with E-state index < -0.39 is 17.5 Å². The van der Waals surface area contributed by atoms with E-state index >= 15 is 0 Å². The van der Waals surface area contributed by atoms with Gasteiger partial charge in [-0.3, -0.25) is 0 Å². The molecule has 1 heterocycles. The Morgan fingerprint density at radius 3 is 2.21 bits per heavy atom. The minimum Gasteiger partial charge on any atom is -0.447 e. The molecule has 0 atom stereocenters. The zero-order valence-electron chi connectivity index (χ0n) is 16.5. The summed E-state index contributed by atoms with van der Waals surface area (Å²) in [4.78, 5) is 25.8. The van der Waals surface area contributed by atoms with Gasteiger partial charge in [-0.15, -0.1) is 0 Å². The largest absolute Gasteiger partial charge is 0.447 e. The van der Waals surface area contributed by atoms with Gasteiger partial charge in [0.15, 0.2) is 11.4 Å². The molecule has 4 nitrogen and oxygen atoms in total. The van der Waals surface area contributed by atoms with Crippen LogP contribution in [0.25, 0.3) is 5.57 Å². The molecule has 0 unspecified atom stereocenters. The van der Waals surface area contributed by atoms with Crippen LogP contribution in [0.1, 0.15) is 58.3 Å². The molecule has 0 N–H and O–H groups in total. The van der Waals surface area contributed by atoms with E-state index in [4.69, 9.17) is 9.47 Å². The van der Waals surface area contributed by atoms with Crippen molar-refractivity contribution < 1.29 is 19.1 Å². The number of carbonyl (C=O) groups excluding carboxylic acids is 2. The fraction of sp³-hybridized carbons (Fsp3) is 0.333. The number of ether oxygens (including phenoxy) is 2. The third-order valence-electron chi connectivity index (χ3n) is 5.68. The molecule has 4 rings (SSSR count). The average molecular weight is 376 g/mol. The maximum Gasteiger partial charge on any atom is 0.343 e. The van der Waals surface area contributed by atoms with Crippen LogP contribution < -0.4 is 0 Å². The molecule has 2 aromatic carbocycles. The van der Waals surface area contributed by atoms with Crippen molar-refractivity contribution in [3.05, 3.63) is 76.0 Å². The van der Waals surface area contributed by atoms with Gasteiger partial charge in [0.05, 0.1) is 5.56 Å². The quantitative estimate of drug-likeness (QED) is 0.704. The van der Waals surface area contributed by atoms with Gasteiger partial charge in [-0.05, 0) is 75.3 Å². The van der Waals surface area contributed by atoms with E-state index in [-0.39, 0.29) is 0 Å². The molecule has 2 aromatic rings. The van der Waals surface area contributed by atoms with Gasteiger partial charge in [0.2, 0.25) is 0 Å². The van der Waals surface area contributed by atoms with Crippen LogP contribution in [0, 0.1) is 20.8 Å². The predicted molar refractivity (Wildman–Crippen MR) is 107 cm³/mol. The Morgan fingerprint density at radius 2 is 1.61 bits per heavy atom. The van der Waals surface area contributed by atoms with Crippen molar-refractivity contribution >= 4 is 17.5 Å². The van der Waals surface area contributed by atoms with Crippen molar-refractivity contribution in [1.82, 2.24) is 0 Å². The first kappa shape index (κ1) is 18.5. The third-order valence-corrected chi connectivity index (χ3v) is 5.68. The number of hydrogen-bond acceptors (Lipinski definition) is 4. The van der Waals surface area contributed by atoms with Crippen LogP contribution in [0.3, 0.4) is 0 Å². The Balaban J connectivity index is 1.87. The molecule has 0 aromatic heterocycles. The molecule has 0 saturated heterocycles. The first-order valence-corrected chi connectivity index (χ1v) is 9.75. The molecule has 1 fully saturated rings. The van der Waals surface area contributed by atoms with Crippen LogP contribution in [0.4, 0.5) is 0 Å². The molecule has 4 heteroatoms. The summed E-state index contributed by atoms with van der Waals surface area (Å²) in [6.07, 6.45) is 3.25. The van der Waals surface area contributed by atoms with Gasteiger partial charge in [-0.2, -0.15) is 0 Å². The van der Waals surface area contributed by atoms with Gasteiger partial charge in [0.25, 0.3) is 0 Å². The summed E-state index contributed by atoms with van der Waals surface area (Å²) >= 11 is 0. The van der Waals surface area contributed by atoms with E-state index in [2.05, 4.69) is 0 Å². The summed E-state index contributed by atoms with van der Waals surface area (Å²) in [6.45, 7) is 5.98. The number of carbonyl (C=O) groups is 2. The van der Waals surface area contributed by atoms with Crippen LogP contribution >= 0.6 is 0 Å². The molecule has 1 spiro atoms. The molecule has 0 radical (unpaired) electrons. The predicted octanol–water partition coefficient (Wildman–Crippen LogP) is 5.05. The fourth-order valence-electron chi connectivity index (χ4n) is 4.53. The molecule has 0 amide bonds. The van der Waals surface area contributed by atoms with E-state index in [1.54, 1.807) is 24.3 Å². The Morgan fingerprint density at radius 1 is 1.00 bits per heavy atom. The first-order valence-electron chi connectivity index (χ1n) is 9.75. The summed E-state index contributed by atoms with van der Waals surface area (Å²) in [5.41, 5.74) is 3.95. The van der Waals surface area contributed by atoms with E-state index in [0.717, 1.165) is 35.1 Å². The topological polar surface area (TPSA) is 52.6 Å². The molecular formula is C24H24O4. The van der Waals surface area contributed by atoms with Crippen molar-refractivity contribution in [2.45, 2.75) is 52.1 Å². The minimum atomic E-state index is -0.819.